The second kappa shape index (κ2) is 4.58. The predicted octanol–water partition coefficient (Wildman–Crippen LogP) is 3.26. The molecule has 0 atom stereocenters. The van der Waals surface area contributed by atoms with Crippen LogP contribution in [0.4, 0.5) is 4.39 Å². The largest absolute Gasteiger partial charge is 0.334 e. The molecule has 100 valence electrons. The van der Waals surface area contributed by atoms with Gasteiger partial charge in [-0.3, -0.25) is 0 Å². The van der Waals surface area contributed by atoms with Gasteiger partial charge in [0.1, 0.15) is 5.82 Å². The van der Waals surface area contributed by atoms with Gasteiger partial charge in [-0.05, 0) is 31.0 Å². The molecule has 6 heteroatoms. The summed E-state index contributed by atoms with van der Waals surface area (Å²) in [6.07, 6.45) is 3.74. The van der Waals surface area contributed by atoms with Crippen LogP contribution in [0, 0.1) is 5.82 Å². The van der Waals surface area contributed by atoms with E-state index in [0.29, 0.717) is 10.8 Å². The molecule has 2 N–H and O–H groups in total. The van der Waals surface area contributed by atoms with Gasteiger partial charge in [-0.25, -0.2) is 4.39 Å². The Morgan fingerprint density at radius 2 is 2.05 bits per heavy atom. The number of benzene rings is 1. The van der Waals surface area contributed by atoms with Crippen molar-refractivity contribution in [2.24, 2.45) is 5.73 Å². The SMILES string of the molecule is NC1(c2noc(-c3cc(Cl)ccc3F)n2)CCCC1. The molecule has 0 radical (unpaired) electrons. The summed E-state index contributed by atoms with van der Waals surface area (Å²) >= 11 is 5.85. The molecule has 0 aliphatic heterocycles. The zero-order valence-electron chi connectivity index (χ0n) is 10.2. The molecule has 19 heavy (non-hydrogen) atoms. The van der Waals surface area contributed by atoms with Crippen molar-refractivity contribution >= 4 is 11.6 Å². The first-order valence-electron chi connectivity index (χ1n) is 6.17. The minimum atomic E-state index is -0.545. The van der Waals surface area contributed by atoms with Gasteiger partial charge in [0.05, 0.1) is 11.1 Å². The fourth-order valence-corrected chi connectivity index (χ4v) is 2.60. The maximum absolute atomic E-state index is 13.7. The van der Waals surface area contributed by atoms with Crippen molar-refractivity contribution in [1.29, 1.82) is 0 Å². The maximum atomic E-state index is 13.7. The van der Waals surface area contributed by atoms with E-state index >= 15 is 0 Å². The summed E-state index contributed by atoms with van der Waals surface area (Å²) < 4.78 is 18.8. The van der Waals surface area contributed by atoms with Crippen molar-refractivity contribution in [1.82, 2.24) is 10.1 Å². The Morgan fingerprint density at radius 1 is 1.32 bits per heavy atom. The quantitative estimate of drug-likeness (QED) is 0.917. The molecule has 1 aromatic carbocycles. The van der Waals surface area contributed by atoms with Crippen molar-refractivity contribution in [2.45, 2.75) is 31.2 Å². The third-order valence-electron chi connectivity index (χ3n) is 3.53. The Bertz CT molecular complexity index is 608. The average molecular weight is 282 g/mol. The number of aromatic nitrogens is 2. The van der Waals surface area contributed by atoms with Gasteiger partial charge in [0.25, 0.3) is 5.89 Å². The van der Waals surface area contributed by atoms with Gasteiger partial charge in [-0.1, -0.05) is 29.6 Å². The molecule has 0 unspecified atom stereocenters. The molecule has 3 rings (SSSR count). The van der Waals surface area contributed by atoms with Gasteiger partial charge in [-0.15, -0.1) is 0 Å². The molecule has 0 spiro atoms. The normalized spacial score (nSPS) is 17.8. The summed E-state index contributed by atoms with van der Waals surface area (Å²) in [5.41, 5.74) is 5.89. The minimum absolute atomic E-state index is 0.117. The van der Waals surface area contributed by atoms with Crippen LogP contribution in [-0.2, 0) is 5.54 Å². The van der Waals surface area contributed by atoms with E-state index in [4.69, 9.17) is 21.9 Å². The summed E-state index contributed by atoms with van der Waals surface area (Å²) in [5.74, 6) is 0.114. The van der Waals surface area contributed by atoms with Gasteiger partial charge in [-0.2, -0.15) is 4.98 Å². The minimum Gasteiger partial charge on any atom is -0.334 e. The molecule has 0 bridgehead atoms. The standard InChI is InChI=1S/C13H13ClFN3O/c14-8-3-4-10(15)9(7-8)11-17-12(18-19-11)13(16)5-1-2-6-13/h3-4,7H,1-2,5-6,16H2. The lowest BCUT2D eigenvalue weighted by molar-refractivity contribution is 0.372. The Labute approximate surface area is 114 Å². The second-order valence-electron chi connectivity index (χ2n) is 4.91. The van der Waals surface area contributed by atoms with Crippen LogP contribution in [0.25, 0.3) is 11.5 Å². The van der Waals surface area contributed by atoms with Crippen molar-refractivity contribution < 1.29 is 8.91 Å². The number of nitrogens with two attached hydrogens (primary N) is 1. The third kappa shape index (κ3) is 2.24. The number of halogens is 2. The molecule has 0 saturated heterocycles. The lowest BCUT2D eigenvalue weighted by atomic mass is 9.99. The number of hydrogen-bond donors (Lipinski definition) is 1. The van der Waals surface area contributed by atoms with Crippen molar-refractivity contribution in [3.63, 3.8) is 0 Å². The highest BCUT2D eigenvalue weighted by Gasteiger charge is 2.36. The third-order valence-corrected chi connectivity index (χ3v) is 3.76. The summed E-state index contributed by atoms with van der Waals surface area (Å²) in [7, 11) is 0. The summed E-state index contributed by atoms with van der Waals surface area (Å²) in [6.45, 7) is 0. The average Bonchev–Trinajstić information content (AvgIpc) is 3.02. The van der Waals surface area contributed by atoms with Crippen LogP contribution in [0.15, 0.2) is 22.7 Å². The lowest BCUT2D eigenvalue weighted by Gasteiger charge is -2.17. The first-order chi connectivity index (χ1) is 9.08. The highest BCUT2D eigenvalue weighted by atomic mass is 35.5. The van der Waals surface area contributed by atoms with Crippen LogP contribution >= 0.6 is 11.6 Å². The number of rotatable bonds is 2. The van der Waals surface area contributed by atoms with Crippen LogP contribution in [0.5, 0.6) is 0 Å². The monoisotopic (exact) mass is 281 g/mol. The van der Waals surface area contributed by atoms with E-state index in [1.54, 1.807) is 0 Å². The Balaban J connectivity index is 1.99. The topological polar surface area (TPSA) is 64.9 Å². The molecule has 1 fully saturated rings. The maximum Gasteiger partial charge on any atom is 0.261 e. The van der Waals surface area contributed by atoms with Crippen LogP contribution in [0.3, 0.4) is 0 Å². The predicted molar refractivity (Wildman–Crippen MR) is 69.0 cm³/mol. The van der Waals surface area contributed by atoms with Gasteiger partial charge >= 0.3 is 0 Å². The van der Waals surface area contributed by atoms with Crippen LogP contribution < -0.4 is 5.73 Å². The van der Waals surface area contributed by atoms with E-state index in [1.807, 2.05) is 0 Å². The summed E-state index contributed by atoms with van der Waals surface area (Å²) in [4.78, 5) is 4.23. The van der Waals surface area contributed by atoms with Crippen LogP contribution in [-0.4, -0.2) is 10.1 Å². The molecular weight excluding hydrogens is 269 g/mol. The first-order valence-corrected chi connectivity index (χ1v) is 6.55. The van der Waals surface area contributed by atoms with E-state index in [-0.39, 0.29) is 11.5 Å². The van der Waals surface area contributed by atoms with Gasteiger partial charge in [0.15, 0.2) is 5.82 Å². The molecular formula is C13H13ClFN3O. The number of nitrogens with zero attached hydrogens (tertiary/aromatic N) is 2. The fourth-order valence-electron chi connectivity index (χ4n) is 2.43. The fraction of sp³-hybridized carbons (Fsp3) is 0.385. The Morgan fingerprint density at radius 3 is 2.79 bits per heavy atom. The highest BCUT2D eigenvalue weighted by Crippen LogP contribution is 2.35. The number of hydrogen-bond acceptors (Lipinski definition) is 4. The van der Waals surface area contributed by atoms with Crippen LogP contribution in [0.1, 0.15) is 31.5 Å². The molecule has 1 aliphatic rings. The van der Waals surface area contributed by atoms with E-state index in [0.717, 1.165) is 25.7 Å². The summed E-state index contributed by atoms with van der Waals surface area (Å²) in [5, 5.41) is 4.31. The van der Waals surface area contributed by atoms with E-state index in [9.17, 15) is 4.39 Å². The van der Waals surface area contributed by atoms with E-state index < -0.39 is 11.4 Å². The molecule has 0 amide bonds. The Hall–Kier alpha value is -1.46. The zero-order valence-corrected chi connectivity index (χ0v) is 11.0. The molecule has 1 heterocycles. The molecule has 1 aliphatic carbocycles. The second-order valence-corrected chi connectivity index (χ2v) is 5.35. The lowest BCUT2D eigenvalue weighted by Crippen LogP contribution is -2.34. The van der Waals surface area contributed by atoms with Crippen LogP contribution in [0.2, 0.25) is 5.02 Å². The van der Waals surface area contributed by atoms with Crippen molar-refractivity contribution in [3.05, 3.63) is 34.9 Å². The first kappa shape index (κ1) is 12.6. The van der Waals surface area contributed by atoms with Crippen molar-refractivity contribution in [2.75, 3.05) is 0 Å². The Kier molecular flexibility index (Phi) is 3.03. The molecule has 1 aromatic heterocycles. The molecule has 1 saturated carbocycles. The van der Waals surface area contributed by atoms with Gasteiger partial charge in [0.2, 0.25) is 0 Å². The molecule has 2 aromatic rings. The van der Waals surface area contributed by atoms with E-state index in [1.165, 1.54) is 18.2 Å². The van der Waals surface area contributed by atoms with Crippen molar-refractivity contribution in [3.8, 4) is 11.5 Å². The highest BCUT2D eigenvalue weighted by molar-refractivity contribution is 6.30. The van der Waals surface area contributed by atoms with Gasteiger partial charge in [0, 0.05) is 5.02 Å². The van der Waals surface area contributed by atoms with E-state index in [2.05, 4.69) is 10.1 Å². The zero-order chi connectivity index (χ0) is 13.5. The summed E-state index contributed by atoms with van der Waals surface area (Å²) in [6, 6.07) is 4.21. The smallest absolute Gasteiger partial charge is 0.261 e. The molecule has 4 nitrogen and oxygen atoms in total. The van der Waals surface area contributed by atoms with Gasteiger partial charge < -0.3 is 10.3 Å².